The molecule has 0 bridgehead atoms. The summed E-state index contributed by atoms with van der Waals surface area (Å²) in [5.41, 5.74) is 5.59. The number of aromatic nitrogens is 2. The second-order valence-electron chi connectivity index (χ2n) is 4.85. The summed E-state index contributed by atoms with van der Waals surface area (Å²) >= 11 is 5.77. The van der Waals surface area contributed by atoms with Crippen LogP contribution in [-0.2, 0) is 5.54 Å². The highest BCUT2D eigenvalue weighted by Gasteiger charge is 2.39. The van der Waals surface area contributed by atoms with Crippen molar-refractivity contribution in [2.24, 2.45) is 5.73 Å². The van der Waals surface area contributed by atoms with Crippen LogP contribution >= 0.6 is 11.6 Å². The summed E-state index contributed by atoms with van der Waals surface area (Å²) in [5.74, 6) is 0.475. The van der Waals surface area contributed by atoms with Gasteiger partial charge in [-0.25, -0.2) is 0 Å². The van der Waals surface area contributed by atoms with Gasteiger partial charge in [-0.05, 0) is 31.4 Å². The fraction of sp³-hybridized carbons (Fsp3) is 0.333. The van der Waals surface area contributed by atoms with Crippen LogP contribution in [0.2, 0.25) is 5.02 Å². The SMILES string of the molecule is NC1(c2noc(-c3ccc(Cl)cc3[N+](=O)[O-])n2)CCC1. The zero-order chi connectivity index (χ0) is 14.3. The van der Waals surface area contributed by atoms with E-state index in [0.717, 1.165) is 19.3 Å². The number of nitro benzene ring substituents is 1. The maximum absolute atomic E-state index is 11.1. The van der Waals surface area contributed by atoms with E-state index >= 15 is 0 Å². The zero-order valence-corrected chi connectivity index (χ0v) is 11.1. The minimum absolute atomic E-state index is 0.0834. The lowest BCUT2D eigenvalue weighted by molar-refractivity contribution is -0.384. The molecule has 0 amide bonds. The lowest BCUT2D eigenvalue weighted by Crippen LogP contribution is -2.44. The second kappa shape index (κ2) is 4.53. The summed E-state index contributed by atoms with van der Waals surface area (Å²) in [4.78, 5) is 14.7. The van der Waals surface area contributed by atoms with E-state index in [-0.39, 0.29) is 22.2 Å². The second-order valence-corrected chi connectivity index (χ2v) is 5.29. The molecule has 2 aromatic rings. The Hall–Kier alpha value is -1.99. The minimum Gasteiger partial charge on any atom is -0.334 e. The van der Waals surface area contributed by atoms with E-state index in [1.54, 1.807) is 0 Å². The Labute approximate surface area is 118 Å². The van der Waals surface area contributed by atoms with Crippen molar-refractivity contribution in [2.75, 3.05) is 0 Å². The van der Waals surface area contributed by atoms with Crippen molar-refractivity contribution in [1.29, 1.82) is 0 Å². The van der Waals surface area contributed by atoms with E-state index in [4.69, 9.17) is 21.9 Å². The Morgan fingerprint density at radius 3 is 2.80 bits per heavy atom. The molecule has 0 unspecified atom stereocenters. The third-order valence-corrected chi connectivity index (χ3v) is 3.74. The molecule has 1 aliphatic carbocycles. The van der Waals surface area contributed by atoms with E-state index in [0.29, 0.717) is 5.82 Å². The fourth-order valence-corrected chi connectivity index (χ4v) is 2.32. The maximum Gasteiger partial charge on any atom is 0.283 e. The van der Waals surface area contributed by atoms with Crippen molar-refractivity contribution in [3.63, 3.8) is 0 Å². The molecule has 1 aromatic carbocycles. The van der Waals surface area contributed by atoms with Crippen LogP contribution in [0.25, 0.3) is 11.5 Å². The van der Waals surface area contributed by atoms with Crippen molar-refractivity contribution in [2.45, 2.75) is 24.8 Å². The van der Waals surface area contributed by atoms with Crippen molar-refractivity contribution >= 4 is 17.3 Å². The summed E-state index contributed by atoms with van der Waals surface area (Å²) in [6.45, 7) is 0. The molecule has 1 saturated carbocycles. The molecule has 8 heteroatoms. The molecule has 2 N–H and O–H groups in total. The van der Waals surface area contributed by atoms with E-state index in [9.17, 15) is 10.1 Å². The third-order valence-electron chi connectivity index (χ3n) is 3.50. The van der Waals surface area contributed by atoms with Gasteiger partial charge in [0, 0.05) is 11.1 Å². The Morgan fingerprint density at radius 2 is 2.20 bits per heavy atom. The molecule has 104 valence electrons. The minimum atomic E-state index is -0.567. The van der Waals surface area contributed by atoms with Crippen LogP contribution in [0.1, 0.15) is 25.1 Å². The first kappa shape index (κ1) is 13.0. The van der Waals surface area contributed by atoms with Crippen molar-refractivity contribution in [1.82, 2.24) is 10.1 Å². The van der Waals surface area contributed by atoms with E-state index in [1.165, 1.54) is 18.2 Å². The summed E-state index contributed by atoms with van der Waals surface area (Å²) in [6, 6.07) is 4.28. The maximum atomic E-state index is 11.1. The molecule has 0 spiro atoms. The molecule has 0 radical (unpaired) electrons. The number of hydrogen-bond donors (Lipinski definition) is 1. The lowest BCUT2D eigenvalue weighted by atomic mass is 9.77. The predicted octanol–water partition coefficient (Wildman–Crippen LogP) is 2.64. The predicted molar refractivity (Wildman–Crippen MR) is 71.1 cm³/mol. The van der Waals surface area contributed by atoms with Gasteiger partial charge < -0.3 is 10.3 Å². The van der Waals surface area contributed by atoms with Gasteiger partial charge in [0.05, 0.1) is 10.5 Å². The largest absolute Gasteiger partial charge is 0.334 e. The van der Waals surface area contributed by atoms with Gasteiger partial charge in [-0.3, -0.25) is 10.1 Å². The fourth-order valence-electron chi connectivity index (χ4n) is 2.15. The Balaban J connectivity index is 2.03. The summed E-state index contributed by atoms with van der Waals surface area (Å²) in [5, 5.41) is 15.2. The molecule has 1 fully saturated rings. The third kappa shape index (κ3) is 2.04. The first-order chi connectivity index (χ1) is 9.49. The Morgan fingerprint density at radius 1 is 1.45 bits per heavy atom. The van der Waals surface area contributed by atoms with Gasteiger partial charge in [0.2, 0.25) is 0 Å². The number of nitro groups is 1. The van der Waals surface area contributed by atoms with Crippen LogP contribution in [-0.4, -0.2) is 15.1 Å². The molecular weight excluding hydrogens is 284 g/mol. The van der Waals surface area contributed by atoms with Crippen molar-refractivity contribution < 1.29 is 9.45 Å². The van der Waals surface area contributed by atoms with Gasteiger partial charge in [-0.2, -0.15) is 4.98 Å². The zero-order valence-electron chi connectivity index (χ0n) is 10.4. The highest BCUT2D eigenvalue weighted by atomic mass is 35.5. The molecular formula is C12H11ClN4O3. The van der Waals surface area contributed by atoms with Crippen LogP contribution in [0.3, 0.4) is 0 Å². The van der Waals surface area contributed by atoms with Gasteiger partial charge >= 0.3 is 0 Å². The van der Waals surface area contributed by atoms with E-state index < -0.39 is 10.5 Å². The summed E-state index contributed by atoms with van der Waals surface area (Å²) < 4.78 is 5.11. The van der Waals surface area contributed by atoms with Crippen LogP contribution in [0.5, 0.6) is 0 Å². The van der Waals surface area contributed by atoms with Gasteiger partial charge in [0.15, 0.2) is 5.82 Å². The smallest absolute Gasteiger partial charge is 0.283 e. The van der Waals surface area contributed by atoms with Crippen LogP contribution in [0.15, 0.2) is 22.7 Å². The monoisotopic (exact) mass is 294 g/mol. The van der Waals surface area contributed by atoms with E-state index in [1.807, 2.05) is 0 Å². The summed E-state index contributed by atoms with van der Waals surface area (Å²) in [6.07, 6.45) is 2.59. The van der Waals surface area contributed by atoms with Gasteiger partial charge in [-0.1, -0.05) is 16.8 Å². The van der Waals surface area contributed by atoms with Crippen LogP contribution in [0.4, 0.5) is 5.69 Å². The van der Waals surface area contributed by atoms with Gasteiger partial charge in [0.1, 0.15) is 5.56 Å². The van der Waals surface area contributed by atoms with E-state index in [2.05, 4.69) is 10.1 Å². The van der Waals surface area contributed by atoms with Crippen molar-refractivity contribution in [3.8, 4) is 11.5 Å². The Kier molecular flexibility index (Phi) is 2.95. The topological polar surface area (TPSA) is 108 Å². The lowest BCUT2D eigenvalue weighted by Gasteiger charge is -2.34. The molecule has 7 nitrogen and oxygen atoms in total. The van der Waals surface area contributed by atoms with Gasteiger partial charge in [-0.15, -0.1) is 0 Å². The number of hydrogen-bond acceptors (Lipinski definition) is 6. The first-order valence-electron chi connectivity index (χ1n) is 6.07. The highest BCUT2D eigenvalue weighted by Crippen LogP contribution is 2.38. The van der Waals surface area contributed by atoms with Gasteiger partial charge in [0.25, 0.3) is 11.6 Å². The number of nitrogens with two attached hydrogens (primary N) is 1. The van der Waals surface area contributed by atoms with Crippen LogP contribution in [0, 0.1) is 10.1 Å². The normalized spacial score (nSPS) is 16.7. The molecule has 0 atom stereocenters. The highest BCUT2D eigenvalue weighted by molar-refractivity contribution is 6.30. The molecule has 1 heterocycles. The number of halogens is 1. The molecule has 20 heavy (non-hydrogen) atoms. The van der Waals surface area contributed by atoms with Crippen molar-refractivity contribution in [3.05, 3.63) is 39.2 Å². The molecule has 1 aromatic heterocycles. The molecule has 3 rings (SSSR count). The van der Waals surface area contributed by atoms with Crippen LogP contribution < -0.4 is 5.73 Å². The number of nitrogens with zero attached hydrogens (tertiary/aromatic N) is 3. The number of rotatable bonds is 3. The average molecular weight is 295 g/mol. The summed E-state index contributed by atoms with van der Waals surface area (Å²) in [7, 11) is 0. The average Bonchev–Trinajstić information content (AvgIpc) is 2.85. The Bertz CT molecular complexity index is 681. The first-order valence-corrected chi connectivity index (χ1v) is 6.45. The standard InChI is InChI=1S/C12H11ClN4O3/c13-7-2-3-8(9(6-7)17(18)19)10-15-11(16-20-10)12(14)4-1-5-12/h2-3,6H,1,4-5,14H2. The quantitative estimate of drug-likeness (QED) is 0.688. The molecule has 0 aliphatic heterocycles. The molecule has 1 aliphatic rings. The number of benzene rings is 1. The molecule has 0 saturated heterocycles.